The van der Waals surface area contributed by atoms with Gasteiger partial charge in [0.1, 0.15) is 0 Å². The van der Waals surface area contributed by atoms with E-state index in [-0.39, 0.29) is 5.91 Å². The van der Waals surface area contributed by atoms with E-state index in [0.29, 0.717) is 6.04 Å². The first-order valence-electron chi connectivity index (χ1n) is 6.80. The van der Waals surface area contributed by atoms with Crippen molar-refractivity contribution in [2.75, 3.05) is 11.6 Å². The molecular formula is C15H22N2OS. The van der Waals surface area contributed by atoms with Crippen LogP contribution in [0.4, 0.5) is 5.69 Å². The van der Waals surface area contributed by atoms with Crippen LogP contribution in [-0.4, -0.2) is 23.5 Å². The van der Waals surface area contributed by atoms with E-state index in [1.807, 2.05) is 30.0 Å². The number of para-hydroxylation sites is 1. The van der Waals surface area contributed by atoms with Gasteiger partial charge in [-0.05, 0) is 37.1 Å². The van der Waals surface area contributed by atoms with Gasteiger partial charge in [0.25, 0.3) is 0 Å². The molecule has 0 bridgehead atoms. The summed E-state index contributed by atoms with van der Waals surface area (Å²) in [6.07, 6.45) is 6.02. The molecule has 0 saturated heterocycles. The maximum absolute atomic E-state index is 11.2. The fraction of sp³-hybridized carbons (Fsp3) is 0.533. The average Bonchev–Trinajstić information content (AvgIpc) is 2.85. The second kappa shape index (κ2) is 6.96. The van der Waals surface area contributed by atoms with Crippen LogP contribution in [-0.2, 0) is 11.3 Å². The molecule has 1 aromatic carbocycles. The Labute approximate surface area is 119 Å². The largest absolute Gasteiger partial charge is 0.326 e. The molecule has 4 heteroatoms. The number of amides is 1. The third-order valence-corrected chi connectivity index (χ3v) is 4.72. The van der Waals surface area contributed by atoms with Crippen LogP contribution in [0.1, 0.15) is 31.7 Å². The number of hydrogen-bond donors (Lipinski definition) is 2. The molecule has 0 spiro atoms. The molecule has 2 unspecified atom stereocenters. The molecule has 1 aromatic rings. The lowest BCUT2D eigenvalue weighted by Gasteiger charge is -2.15. The summed E-state index contributed by atoms with van der Waals surface area (Å²) < 4.78 is 0. The minimum absolute atomic E-state index is 0.0178. The lowest BCUT2D eigenvalue weighted by atomic mass is 10.1. The van der Waals surface area contributed by atoms with E-state index in [1.165, 1.54) is 19.3 Å². The maximum Gasteiger partial charge on any atom is 0.221 e. The Morgan fingerprint density at radius 1 is 1.37 bits per heavy atom. The molecule has 19 heavy (non-hydrogen) atoms. The second-order valence-corrected chi connectivity index (χ2v) is 6.22. The molecule has 104 valence electrons. The minimum Gasteiger partial charge on any atom is -0.326 e. The fourth-order valence-electron chi connectivity index (χ4n) is 2.58. The smallest absolute Gasteiger partial charge is 0.221 e. The van der Waals surface area contributed by atoms with Gasteiger partial charge in [-0.25, -0.2) is 0 Å². The number of carbonyl (C=O) groups is 1. The molecule has 3 nitrogen and oxygen atoms in total. The Bertz CT molecular complexity index is 436. The number of carbonyl (C=O) groups excluding carboxylic acids is 1. The first kappa shape index (κ1) is 14.4. The minimum atomic E-state index is -0.0178. The number of thioether (sulfide) groups is 1. The van der Waals surface area contributed by atoms with Crippen LogP contribution in [0.2, 0.25) is 0 Å². The molecule has 1 amide bonds. The summed E-state index contributed by atoms with van der Waals surface area (Å²) >= 11 is 1.97. The standard InChI is InChI=1S/C15H22N2OS/c1-11(18)17-15-6-4-3-5-12(15)10-16-13-7-8-14(9-13)19-2/h3-6,13-14,16H,7-10H2,1-2H3,(H,17,18). The summed E-state index contributed by atoms with van der Waals surface area (Å²) in [5.74, 6) is -0.0178. The summed E-state index contributed by atoms with van der Waals surface area (Å²) in [6, 6.07) is 8.61. The average molecular weight is 278 g/mol. The van der Waals surface area contributed by atoms with Gasteiger partial charge < -0.3 is 10.6 Å². The molecule has 1 fully saturated rings. The van der Waals surface area contributed by atoms with Gasteiger partial charge >= 0.3 is 0 Å². The Hall–Kier alpha value is -1.00. The van der Waals surface area contributed by atoms with Crippen LogP contribution in [0, 0.1) is 0 Å². The summed E-state index contributed by atoms with van der Waals surface area (Å²) in [7, 11) is 0. The van der Waals surface area contributed by atoms with Gasteiger partial charge in [0.05, 0.1) is 0 Å². The third kappa shape index (κ3) is 4.25. The van der Waals surface area contributed by atoms with Gasteiger partial charge in [-0.15, -0.1) is 0 Å². The Kier molecular flexibility index (Phi) is 5.28. The van der Waals surface area contributed by atoms with Crippen molar-refractivity contribution in [3.05, 3.63) is 29.8 Å². The van der Waals surface area contributed by atoms with E-state index < -0.39 is 0 Å². The van der Waals surface area contributed by atoms with Crippen LogP contribution >= 0.6 is 11.8 Å². The van der Waals surface area contributed by atoms with Crippen molar-refractivity contribution in [3.8, 4) is 0 Å². The molecule has 1 aliphatic rings. The van der Waals surface area contributed by atoms with E-state index in [1.54, 1.807) is 6.92 Å². The van der Waals surface area contributed by atoms with Gasteiger partial charge in [0.2, 0.25) is 5.91 Å². The van der Waals surface area contributed by atoms with Crippen molar-refractivity contribution in [1.82, 2.24) is 5.32 Å². The molecule has 0 radical (unpaired) electrons. The quantitative estimate of drug-likeness (QED) is 0.870. The lowest BCUT2D eigenvalue weighted by molar-refractivity contribution is -0.114. The fourth-order valence-corrected chi connectivity index (χ4v) is 3.38. The molecule has 1 saturated carbocycles. The molecule has 2 atom stereocenters. The second-order valence-electron chi connectivity index (χ2n) is 5.09. The zero-order valence-electron chi connectivity index (χ0n) is 11.6. The van der Waals surface area contributed by atoms with Gasteiger partial charge in [-0.1, -0.05) is 18.2 Å². The highest BCUT2D eigenvalue weighted by atomic mass is 32.2. The first-order chi connectivity index (χ1) is 9.19. The van der Waals surface area contributed by atoms with Gasteiger partial charge in [0, 0.05) is 30.4 Å². The Balaban J connectivity index is 1.90. The monoisotopic (exact) mass is 278 g/mol. The lowest BCUT2D eigenvalue weighted by Crippen LogP contribution is -2.26. The van der Waals surface area contributed by atoms with Crippen molar-refractivity contribution in [2.24, 2.45) is 0 Å². The SMILES string of the molecule is CSC1CCC(NCc2ccccc2NC(C)=O)C1. The third-order valence-electron chi connectivity index (χ3n) is 3.63. The maximum atomic E-state index is 11.2. The zero-order valence-corrected chi connectivity index (χ0v) is 12.4. The molecule has 2 rings (SSSR count). The Morgan fingerprint density at radius 3 is 2.84 bits per heavy atom. The van der Waals surface area contributed by atoms with Gasteiger partial charge in [0.15, 0.2) is 0 Å². The molecule has 0 aromatic heterocycles. The summed E-state index contributed by atoms with van der Waals surface area (Å²) in [4.78, 5) is 11.2. The number of nitrogens with one attached hydrogen (secondary N) is 2. The van der Waals surface area contributed by atoms with Crippen LogP contribution < -0.4 is 10.6 Å². The van der Waals surface area contributed by atoms with E-state index in [4.69, 9.17) is 0 Å². The van der Waals surface area contributed by atoms with Crippen molar-refractivity contribution in [2.45, 2.75) is 44.0 Å². The van der Waals surface area contributed by atoms with Crippen molar-refractivity contribution in [3.63, 3.8) is 0 Å². The van der Waals surface area contributed by atoms with Crippen molar-refractivity contribution in [1.29, 1.82) is 0 Å². The number of hydrogen-bond acceptors (Lipinski definition) is 3. The normalized spacial score (nSPS) is 22.4. The molecular weight excluding hydrogens is 256 g/mol. The van der Waals surface area contributed by atoms with E-state index >= 15 is 0 Å². The molecule has 0 heterocycles. The number of rotatable bonds is 5. The van der Waals surface area contributed by atoms with Crippen LogP contribution in [0.15, 0.2) is 24.3 Å². The van der Waals surface area contributed by atoms with Crippen molar-refractivity contribution < 1.29 is 4.79 Å². The molecule has 2 N–H and O–H groups in total. The van der Waals surface area contributed by atoms with Gasteiger partial charge in [-0.3, -0.25) is 4.79 Å². The predicted molar refractivity (Wildman–Crippen MR) is 82.5 cm³/mol. The summed E-state index contributed by atoms with van der Waals surface area (Å²) in [5.41, 5.74) is 2.08. The highest BCUT2D eigenvalue weighted by molar-refractivity contribution is 7.99. The van der Waals surface area contributed by atoms with E-state index in [9.17, 15) is 4.79 Å². The highest BCUT2D eigenvalue weighted by Gasteiger charge is 2.23. The highest BCUT2D eigenvalue weighted by Crippen LogP contribution is 2.28. The topological polar surface area (TPSA) is 41.1 Å². The van der Waals surface area contributed by atoms with Crippen molar-refractivity contribution >= 4 is 23.4 Å². The van der Waals surface area contributed by atoms with E-state index in [2.05, 4.69) is 23.0 Å². The predicted octanol–water partition coefficient (Wildman–Crippen LogP) is 3.02. The summed E-state index contributed by atoms with van der Waals surface area (Å²) in [6.45, 7) is 2.37. The van der Waals surface area contributed by atoms with E-state index in [0.717, 1.165) is 23.0 Å². The van der Waals surface area contributed by atoms with Crippen LogP contribution in [0.5, 0.6) is 0 Å². The van der Waals surface area contributed by atoms with Crippen LogP contribution in [0.3, 0.4) is 0 Å². The van der Waals surface area contributed by atoms with Gasteiger partial charge in [-0.2, -0.15) is 11.8 Å². The summed E-state index contributed by atoms with van der Waals surface area (Å²) in [5, 5.41) is 7.31. The molecule has 0 aliphatic heterocycles. The number of benzene rings is 1. The molecule has 1 aliphatic carbocycles. The Morgan fingerprint density at radius 2 is 2.16 bits per heavy atom. The van der Waals surface area contributed by atoms with Crippen LogP contribution in [0.25, 0.3) is 0 Å². The number of anilines is 1. The first-order valence-corrected chi connectivity index (χ1v) is 8.09. The zero-order chi connectivity index (χ0) is 13.7.